The Bertz CT molecular complexity index is 772. The lowest BCUT2D eigenvalue weighted by Crippen LogP contribution is -2.36. The van der Waals surface area contributed by atoms with Gasteiger partial charge in [0, 0.05) is 12.6 Å². The summed E-state index contributed by atoms with van der Waals surface area (Å²) < 4.78 is 10.7. The Morgan fingerprint density at radius 3 is 2.38 bits per heavy atom. The number of ether oxygens (including phenoxy) is 2. The topological polar surface area (TPSA) is 67.9 Å². The highest BCUT2D eigenvalue weighted by Gasteiger charge is 2.17. The van der Waals surface area contributed by atoms with Crippen molar-refractivity contribution in [3.63, 3.8) is 0 Å². The fourth-order valence-electron chi connectivity index (χ4n) is 2.53. The highest BCUT2D eigenvalue weighted by atomic mass is 16.5. The van der Waals surface area contributed by atoms with Crippen LogP contribution in [-0.2, 0) is 9.59 Å². The molecule has 0 saturated heterocycles. The second-order valence-electron chi connectivity index (χ2n) is 5.78. The molecule has 0 aliphatic rings. The van der Waals surface area contributed by atoms with Crippen molar-refractivity contribution in [2.75, 3.05) is 30.5 Å². The van der Waals surface area contributed by atoms with E-state index in [-0.39, 0.29) is 18.4 Å². The van der Waals surface area contributed by atoms with Crippen LogP contribution < -0.4 is 19.7 Å². The molecular weight excluding hydrogens is 332 g/mol. The van der Waals surface area contributed by atoms with E-state index in [4.69, 9.17) is 9.47 Å². The molecule has 0 aromatic heterocycles. The minimum absolute atomic E-state index is 0.0968. The van der Waals surface area contributed by atoms with E-state index in [2.05, 4.69) is 5.32 Å². The van der Waals surface area contributed by atoms with Gasteiger partial charge in [0.1, 0.15) is 18.0 Å². The number of aryl methyl sites for hydroxylation is 1. The number of carbonyl (C=O) groups excluding carboxylic acids is 2. The molecule has 6 nitrogen and oxygen atoms in total. The first-order valence-electron chi connectivity index (χ1n) is 8.40. The van der Waals surface area contributed by atoms with Crippen LogP contribution in [0.3, 0.4) is 0 Å². The SMILES string of the molecule is CCOc1ccc(N(CC(=O)Nc2cc(C)ccc2OC)C(C)=O)cc1. The van der Waals surface area contributed by atoms with Crippen molar-refractivity contribution < 1.29 is 19.1 Å². The van der Waals surface area contributed by atoms with E-state index in [1.807, 2.05) is 26.0 Å². The van der Waals surface area contributed by atoms with Crippen LogP contribution in [-0.4, -0.2) is 32.1 Å². The highest BCUT2D eigenvalue weighted by molar-refractivity contribution is 6.02. The van der Waals surface area contributed by atoms with Crippen molar-refractivity contribution in [2.24, 2.45) is 0 Å². The highest BCUT2D eigenvalue weighted by Crippen LogP contribution is 2.25. The molecule has 0 saturated carbocycles. The Labute approximate surface area is 153 Å². The van der Waals surface area contributed by atoms with Gasteiger partial charge in [-0.15, -0.1) is 0 Å². The number of anilines is 2. The van der Waals surface area contributed by atoms with E-state index in [9.17, 15) is 9.59 Å². The Morgan fingerprint density at radius 1 is 1.12 bits per heavy atom. The first-order valence-corrected chi connectivity index (χ1v) is 8.40. The molecule has 138 valence electrons. The van der Waals surface area contributed by atoms with Gasteiger partial charge in [-0.1, -0.05) is 6.07 Å². The zero-order valence-electron chi connectivity index (χ0n) is 15.5. The van der Waals surface area contributed by atoms with Gasteiger partial charge in [-0.2, -0.15) is 0 Å². The van der Waals surface area contributed by atoms with E-state index in [0.29, 0.717) is 29.5 Å². The van der Waals surface area contributed by atoms with E-state index < -0.39 is 0 Å². The molecule has 0 unspecified atom stereocenters. The Kier molecular flexibility index (Phi) is 6.60. The van der Waals surface area contributed by atoms with Gasteiger partial charge in [0.15, 0.2) is 0 Å². The van der Waals surface area contributed by atoms with E-state index >= 15 is 0 Å². The third-order valence-corrected chi connectivity index (χ3v) is 3.77. The van der Waals surface area contributed by atoms with Crippen molar-refractivity contribution in [1.29, 1.82) is 0 Å². The van der Waals surface area contributed by atoms with E-state index in [1.54, 1.807) is 37.4 Å². The lowest BCUT2D eigenvalue weighted by Gasteiger charge is -2.21. The summed E-state index contributed by atoms with van der Waals surface area (Å²) in [5.74, 6) is 0.756. The van der Waals surface area contributed by atoms with E-state index in [1.165, 1.54) is 11.8 Å². The average Bonchev–Trinajstić information content (AvgIpc) is 2.61. The van der Waals surface area contributed by atoms with Gasteiger partial charge in [-0.3, -0.25) is 9.59 Å². The summed E-state index contributed by atoms with van der Waals surface area (Å²) in [5.41, 5.74) is 2.20. The average molecular weight is 356 g/mol. The van der Waals surface area contributed by atoms with Crippen LogP contribution in [0.2, 0.25) is 0 Å². The number of nitrogens with zero attached hydrogens (tertiary/aromatic N) is 1. The summed E-state index contributed by atoms with van der Waals surface area (Å²) in [6, 6.07) is 12.6. The summed E-state index contributed by atoms with van der Waals surface area (Å²) in [4.78, 5) is 25.9. The maximum absolute atomic E-state index is 12.5. The minimum atomic E-state index is -0.307. The molecule has 2 amide bonds. The van der Waals surface area contributed by atoms with Gasteiger partial charge in [-0.25, -0.2) is 0 Å². The number of nitrogens with one attached hydrogen (secondary N) is 1. The van der Waals surface area contributed by atoms with Crippen molar-refractivity contribution in [3.05, 3.63) is 48.0 Å². The molecular formula is C20H24N2O4. The molecule has 0 radical (unpaired) electrons. The Morgan fingerprint density at radius 2 is 1.81 bits per heavy atom. The summed E-state index contributed by atoms with van der Waals surface area (Å²) in [6.45, 7) is 5.73. The molecule has 2 aromatic carbocycles. The second kappa shape index (κ2) is 8.89. The van der Waals surface area contributed by atoms with Crippen molar-refractivity contribution >= 4 is 23.2 Å². The molecule has 0 spiro atoms. The van der Waals surface area contributed by atoms with Crippen LogP contribution in [0.1, 0.15) is 19.4 Å². The Hall–Kier alpha value is -3.02. The normalized spacial score (nSPS) is 10.2. The summed E-state index contributed by atoms with van der Waals surface area (Å²) in [6.07, 6.45) is 0. The first-order chi connectivity index (χ1) is 12.4. The first kappa shape index (κ1) is 19.3. The zero-order chi connectivity index (χ0) is 19.1. The standard InChI is InChI=1S/C20H24N2O4/c1-5-26-17-9-7-16(8-10-17)22(15(3)23)13-20(24)21-18-12-14(2)6-11-19(18)25-4/h6-12H,5,13H2,1-4H3,(H,21,24). The molecule has 26 heavy (non-hydrogen) atoms. The van der Waals surface area contributed by atoms with Crippen molar-refractivity contribution in [2.45, 2.75) is 20.8 Å². The fraction of sp³-hybridized carbons (Fsp3) is 0.300. The number of carbonyl (C=O) groups is 2. The van der Waals surface area contributed by atoms with Crippen LogP contribution in [0.4, 0.5) is 11.4 Å². The van der Waals surface area contributed by atoms with Crippen LogP contribution in [0, 0.1) is 6.92 Å². The fourth-order valence-corrected chi connectivity index (χ4v) is 2.53. The maximum Gasteiger partial charge on any atom is 0.244 e. The maximum atomic E-state index is 12.5. The zero-order valence-corrected chi connectivity index (χ0v) is 15.5. The molecule has 0 heterocycles. The van der Waals surface area contributed by atoms with Crippen LogP contribution in [0.5, 0.6) is 11.5 Å². The van der Waals surface area contributed by atoms with Crippen LogP contribution >= 0.6 is 0 Å². The molecule has 2 aromatic rings. The smallest absolute Gasteiger partial charge is 0.244 e. The van der Waals surface area contributed by atoms with Gasteiger partial charge >= 0.3 is 0 Å². The number of methoxy groups -OCH3 is 1. The molecule has 0 fully saturated rings. The van der Waals surface area contributed by atoms with Gasteiger partial charge in [-0.05, 0) is 55.8 Å². The van der Waals surface area contributed by atoms with E-state index in [0.717, 1.165) is 5.56 Å². The van der Waals surface area contributed by atoms with Gasteiger partial charge in [0.25, 0.3) is 0 Å². The minimum Gasteiger partial charge on any atom is -0.495 e. The number of benzene rings is 2. The van der Waals surface area contributed by atoms with Crippen LogP contribution in [0.15, 0.2) is 42.5 Å². The monoisotopic (exact) mass is 356 g/mol. The number of rotatable bonds is 7. The van der Waals surface area contributed by atoms with Gasteiger partial charge in [0.05, 0.1) is 19.4 Å². The predicted octanol–water partition coefficient (Wildman–Crippen LogP) is 3.39. The summed E-state index contributed by atoms with van der Waals surface area (Å²) in [7, 11) is 1.54. The summed E-state index contributed by atoms with van der Waals surface area (Å²) >= 11 is 0. The molecule has 1 N–H and O–H groups in total. The number of amides is 2. The predicted molar refractivity (Wildman–Crippen MR) is 102 cm³/mol. The molecule has 0 bridgehead atoms. The van der Waals surface area contributed by atoms with Gasteiger partial charge in [0.2, 0.25) is 11.8 Å². The van der Waals surface area contributed by atoms with Crippen LogP contribution in [0.25, 0.3) is 0 Å². The molecule has 2 rings (SSSR count). The molecule has 0 atom stereocenters. The third kappa shape index (κ3) is 4.99. The van der Waals surface area contributed by atoms with Crippen molar-refractivity contribution in [3.8, 4) is 11.5 Å². The number of hydrogen-bond donors (Lipinski definition) is 1. The second-order valence-corrected chi connectivity index (χ2v) is 5.78. The number of hydrogen-bond acceptors (Lipinski definition) is 4. The quantitative estimate of drug-likeness (QED) is 0.826. The van der Waals surface area contributed by atoms with Gasteiger partial charge < -0.3 is 19.7 Å². The lowest BCUT2D eigenvalue weighted by molar-refractivity contribution is -0.120. The molecule has 6 heteroatoms. The third-order valence-electron chi connectivity index (χ3n) is 3.77. The molecule has 0 aliphatic heterocycles. The summed E-state index contributed by atoms with van der Waals surface area (Å²) in [5, 5.41) is 2.81. The Balaban J connectivity index is 2.13. The largest absolute Gasteiger partial charge is 0.495 e. The lowest BCUT2D eigenvalue weighted by atomic mass is 10.2. The van der Waals surface area contributed by atoms with Crippen molar-refractivity contribution in [1.82, 2.24) is 0 Å². The molecule has 0 aliphatic carbocycles.